The van der Waals surface area contributed by atoms with E-state index in [4.69, 9.17) is 14.6 Å². The third-order valence-electron chi connectivity index (χ3n) is 3.02. The summed E-state index contributed by atoms with van der Waals surface area (Å²) in [4.78, 5) is 0. The van der Waals surface area contributed by atoms with Crippen LogP contribution in [0.2, 0.25) is 0 Å². The molecule has 21 heavy (non-hydrogen) atoms. The molecule has 1 aromatic carbocycles. The van der Waals surface area contributed by atoms with E-state index in [0.29, 0.717) is 18.0 Å². The van der Waals surface area contributed by atoms with E-state index in [0.717, 1.165) is 17.8 Å². The number of aliphatic hydroxyl groups is 1. The molecule has 0 saturated heterocycles. The minimum absolute atomic E-state index is 0.0307. The summed E-state index contributed by atoms with van der Waals surface area (Å²) >= 11 is 0. The zero-order chi connectivity index (χ0) is 15.1. The molecule has 2 rings (SSSR count). The van der Waals surface area contributed by atoms with Crippen LogP contribution in [0, 0.1) is 0 Å². The molecule has 0 saturated carbocycles. The Labute approximate surface area is 124 Å². The Morgan fingerprint density at radius 3 is 2.86 bits per heavy atom. The smallest absolute Gasteiger partial charge is 0.163 e. The van der Waals surface area contributed by atoms with Crippen LogP contribution >= 0.6 is 0 Å². The van der Waals surface area contributed by atoms with Crippen molar-refractivity contribution in [3.8, 4) is 11.5 Å². The Hall–Kier alpha value is -2.21. The number of hydrogen-bond acceptors (Lipinski definition) is 5. The lowest BCUT2D eigenvalue weighted by atomic mass is 10.2. The van der Waals surface area contributed by atoms with Crippen LogP contribution in [0.4, 0.5) is 5.69 Å². The Bertz CT molecular complexity index is 569. The van der Waals surface area contributed by atoms with E-state index in [1.807, 2.05) is 35.3 Å². The van der Waals surface area contributed by atoms with Gasteiger partial charge in [0.25, 0.3) is 0 Å². The number of aliphatic hydroxyl groups excluding tert-OH is 1. The predicted molar refractivity (Wildman–Crippen MR) is 80.8 cm³/mol. The standard InChI is InChI=1S/C15H21N3O3/c1-3-18-11-12(10-17-18)9-16-13-4-5-14(20-2)15(8-13)21-7-6-19/h4-5,8,10-11,16,19H,3,6-7,9H2,1-2H3. The molecule has 0 aliphatic rings. The Morgan fingerprint density at radius 2 is 2.19 bits per heavy atom. The van der Waals surface area contributed by atoms with Crippen LogP contribution in [-0.4, -0.2) is 35.2 Å². The molecule has 0 fully saturated rings. The summed E-state index contributed by atoms with van der Waals surface area (Å²) in [6.07, 6.45) is 3.86. The molecule has 0 radical (unpaired) electrons. The first-order valence-corrected chi connectivity index (χ1v) is 6.93. The van der Waals surface area contributed by atoms with E-state index < -0.39 is 0 Å². The van der Waals surface area contributed by atoms with Gasteiger partial charge in [-0.25, -0.2) is 0 Å². The van der Waals surface area contributed by atoms with Gasteiger partial charge in [0.1, 0.15) is 6.61 Å². The number of aromatic nitrogens is 2. The highest BCUT2D eigenvalue weighted by molar-refractivity contribution is 5.54. The topological polar surface area (TPSA) is 68.5 Å². The third kappa shape index (κ3) is 4.13. The maximum atomic E-state index is 8.85. The van der Waals surface area contributed by atoms with Gasteiger partial charge < -0.3 is 19.9 Å². The van der Waals surface area contributed by atoms with Crippen LogP contribution in [0.3, 0.4) is 0 Å². The minimum Gasteiger partial charge on any atom is -0.493 e. The fraction of sp³-hybridized carbons (Fsp3) is 0.400. The van der Waals surface area contributed by atoms with Gasteiger partial charge in [-0.2, -0.15) is 5.10 Å². The lowest BCUT2D eigenvalue weighted by Gasteiger charge is -2.12. The lowest BCUT2D eigenvalue weighted by Crippen LogP contribution is -2.04. The minimum atomic E-state index is -0.0307. The number of anilines is 1. The van der Waals surface area contributed by atoms with Gasteiger partial charge in [0.2, 0.25) is 0 Å². The van der Waals surface area contributed by atoms with Crippen molar-refractivity contribution >= 4 is 5.69 Å². The molecule has 2 aromatic rings. The molecule has 0 aliphatic carbocycles. The average Bonchev–Trinajstić information content (AvgIpc) is 2.99. The number of benzene rings is 1. The van der Waals surface area contributed by atoms with Gasteiger partial charge in [0, 0.05) is 36.6 Å². The Kier molecular flexibility index (Phi) is 5.45. The van der Waals surface area contributed by atoms with Crippen molar-refractivity contribution in [1.82, 2.24) is 9.78 Å². The van der Waals surface area contributed by atoms with E-state index >= 15 is 0 Å². The van der Waals surface area contributed by atoms with Crippen molar-refractivity contribution in [2.24, 2.45) is 0 Å². The summed E-state index contributed by atoms with van der Waals surface area (Å²) in [6.45, 7) is 3.81. The van der Waals surface area contributed by atoms with Crippen LogP contribution in [0.1, 0.15) is 12.5 Å². The molecular weight excluding hydrogens is 270 g/mol. The first kappa shape index (κ1) is 15.2. The van der Waals surface area contributed by atoms with Crippen LogP contribution in [-0.2, 0) is 13.1 Å². The molecule has 1 aromatic heterocycles. The summed E-state index contributed by atoms with van der Waals surface area (Å²) < 4.78 is 12.6. The molecule has 1 heterocycles. The molecule has 114 valence electrons. The van der Waals surface area contributed by atoms with Crippen molar-refractivity contribution < 1.29 is 14.6 Å². The van der Waals surface area contributed by atoms with Gasteiger partial charge in [-0.15, -0.1) is 0 Å². The first-order chi connectivity index (χ1) is 10.3. The van der Waals surface area contributed by atoms with Crippen molar-refractivity contribution in [3.05, 3.63) is 36.2 Å². The number of methoxy groups -OCH3 is 1. The average molecular weight is 291 g/mol. The van der Waals surface area contributed by atoms with Gasteiger partial charge in [0.15, 0.2) is 11.5 Å². The molecule has 0 aliphatic heterocycles. The van der Waals surface area contributed by atoms with Crippen molar-refractivity contribution in [1.29, 1.82) is 0 Å². The molecule has 0 bridgehead atoms. The first-order valence-electron chi connectivity index (χ1n) is 6.93. The second-order valence-electron chi connectivity index (χ2n) is 4.50. The summed E-state index contributed by atoms with van der Waals surface area (Å²) in [7, 11) is 1.59. The quantitative estimate of drug-likeness (QED) is 0.777. The van der Waals surface area contributed by atoms with E-state index in [9.17, 15) is 0 Å². The molecule has 0 unspecified atom stereocenters. The van der Waals surface area contributed by atoms with Gasteiger partial charge in [-0.1, -0.05) is 0 Å². The molecule has 0 atom stereocenters. The van der Waals surface area contributed by atoms with Gasteiger partial charge in [-0.3, -0.25) is 4.68 Å². The Balaban J connectivity index is 2.02. The maximum Gasteiger partial charge on any atom is 0.163 e. The number of aryl methyl sites for hydroxylation is 1. The predicted octanol–water partition coefficient (Wildman–Crippen LogP) is 1.89. The van der Waals surface area contributed by atoms with E-state index in [2.05, 4.69) is 17.3 Å². The summed E-state index contributed by atoms with van der Waals surface area (Å²) in [5.74, 6) is 1.26. The molecule has 6 heteroatoms. The molecule has 2 N–H and O–H groups in total. The summed E-state index contributed by atoms with van der Waals surface area (Å²) in [5, 5.41) is 16.4. The van der Waals surface area contributed by atoms with Gasteiger partial charge in [-0.05, 0) is 19.1 Å². The monoisotopic (exact) mass is 291 g/mol. The number of ether oxygens (including phenoxy) is 2. The fourth-order valence-corrected chi connectivity index (χ4v) is 1.93. The highest BCUT2D eigenvalue weighted by Crippen LogP contribution is 2.30. The van der Waals surface area contributed by atoms with E-state index in [-0.39, 0.29) is 13.2 Å². The summed E-state index contributed by atoms with van der Waals surface area (Å²) in [5.41, 5.74) is 2.04. The summed E-state index contributed by atoms with van der Waals surface area (Å²) in [6, 6.07) is 5.62. The number of hydrogen-bond donors (Lipinski definition) is 2. The number of nitrogens with one attached hydrogen (secondary N) is 1. The van der Waals surface area contributed by atoms with Crippen molar-refractivity contribution in [3.63, 3.8) is 0 Å². The van der Waals surface area contributed by atoms with E-state index in [1.165, 1.54) is 0 Å². The van der Waals surface area contributed by atoms with Gasteiger partial charge in [0.05, 0.1) is 19.9 Å². The third-order valence-corrected chi connectivity index (χ3v) is 3.02. The van der Waals surface area contributed by atoms with Crippen LogP contribution in [0.15, 0.2) is 30.6 Å². The Morgan fingerprint density at radius 1 is 1.33 bits per heavy atom. The fourth-order valence-electron chi connectivity index (χ4n) is 1.93. The zero-order valence-corrected chi connectivity index (χ0v) is 12.4. The van der Waals surface area contributed by atoms with Crippen LogP contribution in [0.25, 0.3) is 0 Å². The number of nitrogens with zero attached hydrogens (tertiary/aromatic N) is 2. The number of rotatable bonds is 8. The highest BCUT2D eigenvalue weighted by atomic mass is 16.5. The normalized spacial score (nSPS) is 10.4. The largest absolute Gasteiger partial charge is 0.493 e. The van der Waals surface area contributed by atoms with E-state index in [1.54, 1.807) is 7.11 Å². The van der Waals surface area contributed by atoms with Gasteiger partial charge >= 0.3 is 0 Å². The van der Waals surface area contributed by atoms with Crippen molar-refractivity contribution in [2.75, 3.05) is 25.6 Å². The molecule has 0 spiro atoms. The maximum absolute atomic E-state index is 8.85. The zero-order valence-electron chi connectivity index (χ0n) is 12.4. The second kappa shape index (κ2) is 7.54. The van der Waals surface area contributed by atoms with Crippen molar-refractivity contribution in [2.45, 2.75) is 20.0 Å². The van der Waals surface area contributed by atoms with Crippen LogP contribution < -0.4 is 14.8 Å². The molecule has 0 amide bonds. The highest BCUT2D eigenvalue weighted by Gasteiger charge is 2.06. The molecular formula is C15H21N3O3. The lowest BCUT2D eigenvalue weighted by molar-refractivity contribution is 0.196. The molecule has 6 nitrogen and oxygen atoms in total. The second-order valence-corrected chi connectivity index (χ2v) is 4.50. The SMILES string of the molecule is CCn1cc(CNc2ccc(OC)c(OCCO)c2)cn1. The van der Waals surface area contributed by atoms with Crippen LogP contribution in [0.5, 0.6) is 11.5 Å².